The molecule has 0 radical (unpaired) electrons. The summed E-state index contributed by atoms with van der Waals surface area (Å²) >= 11 is 0. The Kier molecular flexibility index (Phi) is 6.29. The largest absolute Gasteiger partial charge is 0.431 e. The molecule has 1 aliphatic heterocycles. The summed E-state index contributed by atoms with van der Waals surface area (Å²) in [5, 5.41) is 2.10. The molecule has 0 bridgehead atoms. The van der Waals surface area contributed by atoms with Gasteiger partial charge in [0, 0.05) is 33.6 Å². The second-order valence-electron chi connectivity index (χ2n) is 6.66. The number of halogens is 5. The lowest BCUT2D eigenvalue weighted by Crippen LogP contribution is -2.36. The van der Waals surface area contributed by atoms with Gasteiger partial charge in [0.1, 0.15) is 11.6 Å². The maximum atomic E-state index is 13.7. The van der Waals surface area contributed by atoms with Gasteiger partial charge in [-0.1, -0.05) is 12.7 Å². The van der Waals surface area contributed by atoms with E-state index in [4.69, 9.17) is 0 Å². The SMILES string of the molecule is C=C/C(=C(\N(C)C)C(F)(F)F)[C@H]1CN(C)C(=O)[C@@H]1C(=O)Nc1ccc(F)nc1F. The van der Waals surface area contributed by atoms with Gasteiger partial charge >= 0.3 is 6.18 Å². The van der Waals surface area contributed by atoms with E-state index >= 15 is 0 Å². The van der Waals surface area contributed by atoms with E-state index in [9.17, 15) is 31.5 Å². The quantitative estimate of drug-likeness (QED) is 0.346. The number of nitrogens with zero attached hydrogens (tertiary/aromatic N) is 3. The first kappa shape index (κ1) is 22.3. The van der Waals surface area contributed by atoms with E-state index in [1.807, 2.05) is 0 Å². The lowest BCUT2D eigenvalue weighted by Gasteiger charge is -2.27. The predicted octanol–water partition coefficient (Wildman–Crippen LogP) is 2.57. The molecule has 0 unspecified atom stereocenters. The maximum Gasteiger partial charge on any atom is 0.431 e. The zero-order chi connectivity index (χ0) is 22.1. The van der Waals surface area contributed by atoms with Crippen LogP contribution in [0.3, 0.4) is 0 Å². The monoisotopic (exact) mass is 418 g/mol. The number of likely N-dealkylation sites (tertiary alicyclic amines) is 1. The number of hydrogen-bond donors (Lipinski definition) is 1. The van der Waals surface area contributed by atoms with E-state index in [0.29, 0.717) is 0 Å². The predicted molar refractivity (Wildman–Crippen MR) is 94.4 cm³/mol. The lowest BCUT2D eigenvalue weighted by atomic mass is 9.85. The fraction of sp³-hybridized carbons (Fsp3) is 0.389. The minimum Gasteiger partial charge on any atom is -0.373 e. The van der Waals surface area contributed by atoms with E-state index in [-0.39, 0.29) is 12.1 Å². The smallest absolute Gasteiger partial charge is 0.373 e. The van der Waals surface area contributed by atoms with Gasteiger partial charge in [-0.25, -0.2) is 0 Å². The molecule has 1 aromatic heterocycles. The van der Waals surface area contributed by atoms with Gasteiger partial charge < -0.3 is 15.1 Å². The first-order chi connectivity index (χ1) is 13.4. The third-order valence-corrected chi connectivity index (χ3v) is 4.48. The molecule has 2 heterocycles. The molecule has 0 aromatic carbocycles. The van der Waals surface area contributed by atoms with E-state index in [0.717, 1.165) is 28.0 Å². The first-order valence-electron chi connectivity index (χ1n) is 8.37. The zero-order valence-corrected chi connectivity index (χ0v) is 15.8. The highest BCUT2D eigenvalue weighted by atomic mass is 19.4. The number of carbonyl (C=O) groups is 2. The molecule has 1 fully saturated rings. The van der Waals surface area contributed by atoms with Crippen LogP contribution in [-0.4, -0.2) is 60.5 Å². The van der Waals surface area contributed by atoms with Crippen molar-refractivity contribution in [3.8, 4) is 0 Å². The van der Waals surface area contributed by atoms with Crippen LogP contribution in [0.1, 0.15) is 0 Å². The Hall–Kier alpha value is -2.98. The van der Waals surface area contributed by atoms with Gasteiger partial charge in [0.2, 0.25) is 23.7 Å². The third kappa shape index (κ3) is 4.54. The summed E-state index contributed by atoms with van der Waals surface area (Å²) < 4.78 is 67.4. The Morgan fingerprint density at radius 3 is 2.45 bits per heavy atom. The van der Waals surface area contributed by atoms with Crippen LogP contribution in [0, 0.1) is 23.7 Å². The minimum absolute atomic E-state index is 0.171. The molecule has 1 N–H and O–H groups in total. The number of pyridine rings is 1. The topological polar surface area (TPSA) is 65.5 Å². The second kappa shape index (κ2) is 8.18. The van der Waals surface area contributed by atoms with Crippen molar-refractivity contribution < 1.29 is 31.5 Å². The number of aromatic nitrogens is 1. The molecule has 2 atom stereocenters. The Bertz CT molecular complexity index is 866. The van der Waals surface area contributed by atoms with Crippen molar-refractivity contribution >= 4 is 17.5 Å². The molecule has 2 amide bonds. The summed E-state index contributed by atoms with van der Waals surface area (Å²) in [5.74, 6) is -6.95. The molecular weight excluding hydrogens is 399 g/mol. The van der Waals surface area contributed by atoms with E-state index in [2.05, 4.69) is 16.9 Å². The maximum absolute atomic E-state index is 13.7. The summed E-state index contributed by atoms with van der Waals surface area (Å²) in [4.78, 5) is 30.0. The number of allylic oxidation sites excluding steroid dienone is 2. The van der Waals surface area contributed by atoms with Crippen molar-refractivity contribution in [2.75, 3.05) is 33.0 Å². The number of amides is 2. The summed E-state index contributed by atoms with van der Waals surface area (Å²) in [6, 6.07) is 1.70. The number of hydrogen-bond acceptors (Lipinski definition) is 4. The van der Waals surface area contributed by atoms with Gasteiger partial charge in [0.25, 0.3) is 0 Å². The molecule has 1 aliphatic rings. The fourth-order valence-electron chi connectivity index (χ4n) is 3.29. The summed E-state index contributed by atoms with van der Waals surface area (Å²) in [6.07, 6.45) is -3.80. The molecule has 1 saturated heterocycles. The van der Waals surface area contributed by atoms with Crippen molar-refractivity contribution in [1.82, 2.24) is 14.8 Å². The highest BCUT2D eigenvalue weighted by molar-refractivity contribution is 6.08. The molecule has 0 spiro atoms. The van der Waals surface area contributed by atoms with E-state index in [1.54, 1.807) is 0 Å². The minimum atomic E-state index is -4.76. The molecular formula is C18H19F5N4O2. The van der Waals surface area contributed by atoms with Crippen molar-refractivity contribution in [3.05, 3.63) is 48.0 Å². The van der Waals surface area contributed by atoms with Crippen LogP contribution in [0.15, 0.2) is 36.1 Å². The standard InChI is InChI=1S/C18H19F5N4O2/c1-5-9(14(26(2)3)18(21,22)23)10-8-27(4)17(29)13(10)16(28)24-11-6-7-12(19)25-15(11)20/h5-7,10,13H,1,8H2,2-4H3,(H,24,28)/b14-9+/t10-,13+/m1/s1. The Morgan fingerprint density at radius 2 is 1.97 bits per heavy atom. The molecule has 11 heteroatoms. The fourth-order valence-corrected chi connectivity index (χ4v) is 3.29. The molecule has 1 aromatic rings. The molecule has 158 valence electrons. The summed E-state index contributed by atoms with van der Waals surface area (Å²) in [6.45, 7) is 3.25. The third-order valence-electron chi connectivity index (χ3n) is 4.48. The second-order valence-corrected chi connectivity index (χ2v) is 6.66. The Balaban J connectivity index is 2.49. The van der Waals surface area contributed by atoms with Gasteiger partial charge in [0.05, 0.1) is 5.69 Å². The van der Waals surface area contributed by atoms with E-state index in [1.165, 1.54) is 21.1 Å². The normalized spacial score (nSPS) is 20.4. The molecule has 29 heavy (non-hydrogen) atoms. The van der Waals surface area contributed by atoms with Gasteiger partial charge in [-0.2, -0.15) is 26.9 Å². The van der Waals surface area contributed by atoms with Crippen LogP contribution < -0.4 is 5.32 Å². The number of alkyl halides is 3. The van der Waals surface area contributed by atoms with Crippen molar-refractivity contribution in [1.29, 1.82) is 0 Å². The van der Waals surface area contributed by atoms with Crippen LogP contribution in [0.5, 0.6) is 0 Å². The van der Waals surface area contributed by atoms with Gasteiger partial charge in [-0.15, -0.1) is 0 Å². The summed E-state index contributed by atoms with van der Waals surface area (Å²) in [7, 11) is 3.70. The molecule has 2 rings (SSSR count). The van der Waals surface area contributed by atoms with Gasteiger partial charge in [-0.3, -0.25) is 9.59 Å². The zero-order valence-electron chi connectivity index (χ0n) is 15.8. The summed E-state index contributed by atoms with van der Waals surface area (Å²) in [5.41, 5.74) is -1.88. The molecule has 0 aliphatic carbocycles. The Morgan fingerprint density at radius 1 is 1.34 bits per heavy atom. The highest BCUT2D eigenvalue weighted by Gasteiger charge is 2.48. The van der Waals surface area contributed by atoms with Crippen LogP contribution in [0.4, 0.5) is 27.6 Å². The van der Waals surface area contributed by atoms with Crippen molar-refractivity contribution in [2.24, 2.45) is 11.8 Å². The van der Waals surface area contributed by atoms with Gasteiger partial charge in [0.15, 0.2) is 0 Å². The number of nitrogens with one attached hydrogen (secondary N) is 1. The lowest BCUT2D eigenvalue weighted by molar-refractivity contribution is -0.135. The van der Waals surface area contributed by atoms with Crippen LogP contribution in [-0.2, 0) is 9.59 Å². The average Bonchev–Trinajstić information content (AvgIpc) is 2.88. The molecule has 6 nitrogen and oxygen atoms in total. The molecule has 0 saturated carbocycles. The van der Waals surface area contributed by atoms with Crippen molar-refractivity contribution in [2.45, 2.75) is 6.18 Å². The average molecular weight is 418 g/mol. The first-order valence-corrected chi connectivity index (χ1v) is 8.37. The van der Waals surface area contributed by atoms with Gasteiger partial charge in [-0.05, 0) is 17.7 Å². The van der Waals surface area contributed by atoms with E-state index < -0.39 is 53.1 Å². The number of anilines is 1. The highest BCUT2D eigenvalue weighted by Crippen LogP contribution is 2.39. The number of carbonyl (C=O) groups excluding carboxylic acids is 2. The van der Waals surface area contributed by atoms with Crippen LogP contribution in [0.25, 0.3) is 0 Å². The van der Waals surface area contributed by atoms with Crippen LogP contribution in [0.2, 0.25) is 0 Å². The Labute approximate surface area is 163 Å². The van der Waals surface area contributed by atoms with Crippen molar-refractivity contribution in [3.63, 3.8) is 0 Å². The van der Waals surface area contributed by atoms with Crippen LogP contribution >= 0.6 is 0 Å². The number of rotatable bonds is 5.